The predicted octanol–water partition coefficient (Wildman–Crippen LogP) is 18.8. The Morgan fingerprint density at radius 1 is 0.397 bits per heavy atom. The number of likely N-dealkylation sites (N-methyl/N-ethyl adjacent to an activating group) is 1. The molecule has 0 N–H and O–H groups in total. The van der Waals surface area contributed by atoms with Crippen molar-refractivity contribution < 1.29 is 42.1 Å². The number of phosphoric acid groups is 1. The SMILES string of the molecule is CC/C=C\C/C=C\C/C=C\C/C=C\C/C=C\C/C=C\C/C=C\C/C=C\CCCCCCCCCCCCCCCCC(=O)OC(COC(=O)CCCC/C=C\C/C=C\C/C=C\C/C=C\CC)COP(=O)([O-])OCC[N+](C)(C)C. The molecule has 9 nitrogen and oxygen atoms in total. The smallest absolute Gasteiger partial charge is 0.306 e. The van der Waals surface area contributed by atoms with E-state index in [2.05, 4.69) is 160 Å². The van der Waals surface area contributed by atoms with Crippen LogP contribution in [0.5, 0.6) is 0 Å². The normalized spacial score (nSPS) is 14.3. The number of unbranched alkanes of at least 4 members (excludes halogenated alkanes) is 16. The highest BCUT2D eigenvalue weighted by atomic mass is 31.2. The minimum absolute atomic E-state index is 0.0442. The van der Waals surface area contributed by atoms with E-state index in [1.807, 2.05) is 21.1 Å². The van der Waals surface area contributed by atoms with E-state index in [1.54, 1.807) is 0 Å². The second-order valence-electron chi connectivity index (χ2n) is 20.9. The van der Waals surface area contributed by atoms with Gasteiger partial charge in [0.15, 0.2) is 6.10 Å². The lowest BCUT2D eigenvalue weighted by Gasteiger charge is -2.28. The summed E-state index contributed by atoms with van der Waals surface area (Å²) in [6.45, 7) is 3.94. The summed E-state index contributed by atoms with van der Waals surface area (Å²) in [6, 6.07) is 0. The number of quaternary nitrogens is 1. The lowest BCUT2D eigenvalue weighted by molar-refractivity contribution is -0.870. The van der Waals surface area contributed by atoms with Crippen LogP contribution in [0.25, 0.3) is 0 Å². The van der Waals surface area contributed by atoms with Crippen LogP contribution in [-0.2, 0) is 32.7 Å². The van der Waals surface area contributed by atoms with Crippen molar-refractivity contribution in [2.24, 2.45) is 0 Å². The fraction of sp³-hybridized carbons (Fsp3) is 0.618. The van der Waals surface area contributed by atoms with Gasteiger partial charge in [0.05, 0.1) is 27.7 Å². The highest BCUT2D eigenvalue weighted by Gasteiger charge is 2.21. The van der Waals surface area contributed by atoms with E-state index in [1.165, 1.54) is 70.6 Å². The molecule has 0 aromatic rings. The molecule has 0 saturated heterocycles. The van der Waals surface area contributed by atoms with Gasteiger partial charge in [-0.2, -0.15) is 0 Å². The number of ether oxygens (including phenoxy) is 2. The summed E-state index contributed by atoms with van der Waals surface area (Å²) in [5, 5.41) is 0. The van der Waals surface area contributed by atoms with Gasteiger partial charge in [0.2, 0.25) is 0 Å². The largest absolute Gasteiger partial charge is 0.756 e. The number of allylic oxidation sites excluding steroid dienone is 24. The fourth-order valence-corrected chi connectivity index (χ4v) is 8.45. The Hall–Kier alpha value is -4.11. The number of phosphoric ester groups is 1. The van der Waals surface area contributed by atoms with Gasteiger partial charge in [0.25, 0.3) is 7.82 Å². The minimum atomic E-state index is -4.65. The molecule has 2 unspecified atom stereocenters. The molecule has 0 aromatic heterocycles. The highest BCUT2D eigenvalue weighted by Crippen LogP contribution is 2.38. The van der Waals surface area contributed by atoms with Gasteiger partial charge in [-0.05, 0) is 116 Å². The zero-order valence-electron chi connectivity index (χ0n) is 50.1. The fourth-order valence-electron chi connectivity index (χ4n) is 7.72. The first-order valence-corrected chi connectivity index (χ1v) is 32.0. The van der Waals surface area contributed by atoms with Crippen LogP contribution in [0.1, 0.15) is 219 Å². The molecule has 0 aromatic carbocycles. The summed E-state index contributed by atoms with van der Waals surface area (Å²) in [7, 11) is 1.13. The molecule has 0 rings (SSSR count). The molecule has 2 atom stereocenters. The molecule has 10 heteroatoms. The zero-order valence-corrected chi connectivity index (χ0v) is 50.9. The van der Waals surface area contributed by atoms with Crippen LogP contribution in [0.3, 0.4) is 0 Å². The quantitative estimate of drug-likeness (QED) is 0.0195. The summed E-state index contributed by atoms with van der Waals surface area (Å²) in [5.74, 6) is -0.891. The number of rotatable bonds is 54. The van der Waals surface area contributed by atoms with Crippen molar-refractivity contribution in [1.82, 2.24) is 0 Å². The third-order valence-corrected chi connectivity index (χ3v) is 13.3. The number of hydrogen-bond donors (Lipinski definition) is 0. The van der Waals surface area contributed by atoms with Gasteiger partial charge in [-0.25, -0.2) is 0 Å². The molecular formula is C68H112NO8P. The Bertz CT molecular complexity index is 1820. The first-order chi connectivity index (χ1) is 38.0. The Morgan fingerprint density at radius 3 is 1.05 bits per heavy atom. The number of carbonyl (C=O) groups excluding carboxylic acids is 2. The number of esters is 2. The van der Waals surface area contributed by atoms with Crippen molar-refractivity contribution in [3.63, 3.8) is 0 Å². The molecule has 0 aliphatic rings. The molecule has 442 valence electrons. The van der Waals surface area contributed by atoms with E-state index < -0.39 is 32.5 Å². The highest BCUT2D eigenvalue weighted by molar-refractivity contribution is 7.45. The van der Waals surface area contributed by atoms with E-state index in [9.17, 15) is 19.0 Å². The van der Waals surface area contributed by atoms with Crippen LogP contribution >= 0.6 is 7.82 Å². The molecule has 0 amide bonds. The Kier molecular flexibility index (Phi) is 54.5. The summed E-state index contributed by atoms with van der Waals surface area (Å²) in [6.07, 6.45) is 84.9. The average Bonchev–Trinajstić information content (AvgIpc) is 3.41. The molecule has 0 spiro atoms. The lowest BCUT2D eigenvalue weighted by Crippen LogP contribution is -2.37. The molecular weight excluding hydrogens is 990 g/mol. The molecule has 0 fully saturated rings. The summed E-state index contributed by atoms with van der Waals surface area (Å²) >= 11 is 0. The average molecular weight is 1100 g/mol. The maximum absolute atomic E-state index is 12.8. The Labute approximate surface area is 478 Å². The van der Waals surface area contributed by atoms with Crippen molar-refractivity contribution >= 4 is 19.8 Å². The molecule has 78 heavy (non-hydrogen) atoms. The van der Waals surface area contributed by atoms with Gasteiger partial charge in [-0.3, -0.25) is 14.2 Å². The molecule has 0 aliphatic carbocycles. The van der Waals surface area contributed by atoms with Crippen molar-refractivity contribution in [3.8, 4) is 0 Å². The third kappa shape index (κ3) is 61.1. The molecule has 0 aliphatic heterocycles. The van der Waals surface area contributed by atoms with Crippen LogP contribution in [0.2, 0.25) is 0 Å². The maximum atomic E-state index is 12.8. The van der Waals surface area contributed by atoms with Gasteiger partial charge in [0.1, 0.15) is 19.8 Å². The molecule has 0 radical (unpaired) electrons. The minimum Gasteiger partial charge on any atom is -0.756 e. The molecule has 0 saturated carbocycles. The van der Waals surface area contributed by atoms with Crippen molar-refractivity contribution in [2.75, 3.05) is 47.5 Å². The second kappa shape index (κ2) is 57.6. The van der Waals surface area contributed by atoms with Crippen LogP contribution < -0.4 is 4.89 Å². The van der Waals surface area contributed by atoms with Crippen molar-refractivity contribution in [3.05, 3.63) is 146 Å². The third-order valence-electron chi connectivity index (χ3n) is 12.4. The second-order valence-corrected chi connectivity index (χ2v) is 22.4. The first kappa shape index (κ1) is 73.9. The van der Waals surface area contributed by atoms with Crippen LogP contribution in [0.4, 0.5) is 0 Å². The van der Waals surface area contributed by atoms with Crippen molar-refractivity contribution in [2.45, 2.75) is 225 Å². The van der Waals surface area contributed by atoms with Gasteiger partial charge in [0, 0.05) is 12.8 Å². The van der Waals surface area contributed by atoms with Gasteiger partial charge < -0.3 is 27.9 Å². The van der Waals surface area contributed by atoms with Crippen LogP contribution in [-0.4, -0.2) is 70.0 Å². The summed E-state index contributed by atoms with van der Waals surface area (Å²) < 4.78 is 34.1. The van der Waals surface area contributed by atoms with E-state index >= 15 is 0 Å². The van der Waals surface area contributed by atoms with Crippen LogP contribution in [0, 0.1) is 0 Å². The topological polar surface area (TPSA) is 111 Å². The van der Waals surface area contributed by atoms with Gasteiger partial charge in [-0.15, -0.1) is 0 Å². The zero-order chi connectivity index (χ0) is 57.0. The number of carbonyl (C=O) groups is 2. The molecule has 0 bridgehead atoms. The van der Waals surface area contributed by atoms with Crippen LogP contribution in [0.15, 0.2) is 146 Å². The predicted molar refractivity (Wildman–Crippen MR) is 332 cm³/mol. The van der Waals surface area contributed by atoms with E-state index in [-0.39, 0.29) is 26.1 Å². The number of nitrogens with zero attached hydrogens (tertiary/aromatic N) is 1. The summed E-state index contributed by atoms with van der Waals surface area (Å²) in [5.41, 5.74) is 0. The number of hydrogen-bond acceptors (Lipinski definition) is 8. The standard InChI is InChI=1S/C68H112NO8P/c1-6-8-10-12-14-16-18-20-22-23-24-25-26-27-28-29-30-31-32-33-34-35-36-37-38-39-40-41-42-43-44-45-47-49-51-53-55-57-59-61-68(71)77-66(65-76-78(72,73)75-63-62-69(3,4)5)64-74-67(70)60-58-56-54-52-50-48-46-21-19-17-15-13-11-9-7-2/h8-11,14-17,20-22,24-25,27-28,30-31,33-34,36-37,46,50,52,66H,6-7,12-13,18-19,23,26,29,32,35,38-45,47-49,51,53-65H2,1-5H3/b10-8-,11-9-,16-14-,17-15-,22-20-,25-24-,28-27-,31-30-,34-33-,37-36-,46-21-,52-50-. The van der Waals surface area contributed by atoms with Gasteiger partial charge >= 0.3 is 11.9 Å². The van der Waals surface area contributed by atoms with Crippen molar-refractivity contribution in [1.29, 1.82) is 0 Å². The Morgan fingerprint density at radius 2 is 0.692 bits per heavy atom. The lowest BCUT2D eigenvalue weighted by atomic mass is 10.0. The van der Waals surface area contributed by atoms with E-state index in [0.29, 0.717) is 23.9 Å². The summed E-state index contributed by atoms with van der Waals surface area (Å²) in [4.78, 5) is 37.8. The van der Waals surface area contributed by atoms with E-state index in [0.717, 1.165) is 109 Å². The Balaban J connectivity index is 4.08. The first-order valence-electron chi connectivity index (χ1n) is 30.5. The monoisotopic (exact) mass is 1100 g/mol. The van der Waals surface area contributed by atoms with Gasteiger partial charge in [-0.1, -0.05) is 237 Å². The van der Waals surface area contributed by atoms with E-state index in [4.69, 9.17) is 18.5 Å². The molecule has 0 heterocycles. The maximum Gasteiger partial charge on any atom is 0.306 e.